The summed E-state index contributed by atoms with van der Waals surface area (Å²) in [5, 5.41) is 3.89. The number of alkyl halides is 1. The second-order valence-electron chi connectivity index (χ2n) is 10.0. The molecule has 1 amide bonds. The summed E-state index contributed by atoms with van der Waals surface area (Å²) in [7, 11) is 0. The van der Waals surface area contributed by atoms with Gasteiger partial charge in [0.1, 0.15) is 29.6 Å². The zero-order chi connectivity index (χ0) is 27.0. The lowest BCUT2D eigenvalue weighted by atomic mass is 10.1. The molecule has 11 heteroatoms. The summed E-state index contributed by atoms with van der Waals surface area (Å²) in [6, 6.07) is 10.1. The Balaban J connectivity index is 1.43. The number of nitrogens with zero attached hydrogens (tertiary/aromatic N) is 4. The van der Waals surface area contributed by atoms with Gasteiger partial charge < -0.3 is 19.7 Å². The van der Waals surface area contributed by atoms with Gasteiger partial charge in [-0.25, -0.2) is 23.5 Å². The fourth-order valence-corrected chi connectivity index (χ4v) is 4.75. The van der Waals surface area contributed by atoms with Crippen LogP contribution in [0.3, 0.4) is 0 Å². The maximum absolute atomic E-state index is 15.3. The van der Waals surface area contributed by atoms with Crippen molar-refractivity contribution in [1.29, 1.82) is 0 Å². The van der Waals surface area contributed by atoms with Crippen molar-refractivity contribution < 1.29 is 23.0 Å². The third-order valence-corrected chi connectivity index (χ3v) is 6.51. The van der Waals surface area contributed by atoms with E-state index < -0.39 is 29.8 Å². The summed E-state index contributed by atoms with van der Waals surface area (Å²) in [4.78, 5) is 26.6. The number of halogens is 3. The summed E-state index contributed by atoms with van der Waals surface area (Å²) in [5.74, 6) is 0.167. The molecule has 1 aliphatic rings. The lowest BCUT2D eigenvalue weighted by Crippen LogP contribution is -2.50. The monoisotopic (exact) mass is 585 g/mol. The highest BCUT2D eigenvalue weighted by atomic mass is 79.9. The van der Waals surface area contributed by atoms with Crippen molar-refractivity contribution in [3.63, 3.8) is 0 Å². The van der Waals surface area contributed by atoms with Crippen LogP contribution in [0, 0.1) is 5.82 Å². The van der Waals surface area contributed by atoms with Crippen molar-refractivity contribution in [1.82, 2.24) is 19.9 Å². The van der Waals surface area contributed by atoms with Gasteiger partial charge in [0, 0.05) is 29.0 Å². The quantitative estimate of drug-likeness (QED) is 0.290. The topological polar surface area (TPSA) is 89.5 Å². The first-order chi connectivity index (χ1) is 18.1. The molecule has 0 spiro atoms. The normalized spacial score (nSPS) is 18.0. The Morgan fingerprint density at radius 2 is 1.97 bits per heavy atom. The Kier molecular flexibility index (Phi) is 7.04. The molecule has 2 atom stereocenters. The second kappa shape index (κ2) is 10.3. The lowest BCUT2D eigenvalue weighted by Gasteiger charge is -2.35. The number of aromatic nitrogens is 3. The number of carbonyl (C=O) groups excluding carboxylic acids is 1. The van der Waals surface area contributed by atoms with E-state index in [0.717, 1.165) is 0 Å². The molecule has 4 aromatic rings. The van der Waals surface area contributed by atoms with Gasteiger partial charge >= 0.3 is 6.09 Å². The summed E-state index contributed by atoms with van der Waals surface area (Å²) < 4.78 is 42.7. The lowest BCUT2D eigenvalue weighted by molar-refractivity contribution is -0.0102. The SMILES string of the molecule is CC(C)(C)OC(=O)N1CCC(Oc2cc(Br)cc3ncnc(Nc4ccc5ncccc5c4F)c23)C(F)C1. The minimum atomic E-state index is -1.45. The number of hydrogen-bond acceptors (Lipinski definition) is 7. The molecule has 1 aliphatic heterocycles. The number of fused-ring (bicyclic) bond motifs is 2. The van der Waals surface area contributed by atoms with Gasteiger partial charge in [-0.3, -0.25) is 4.98 Å². The third kappa shape index (κ3) is 5.47. The molecule has 2 aromatic heterocycles. The van der Waals surface area contributed by atoms with Crippen molar-refractivity contribution in [3.05, 3.63) is 59.2 Å². The smallest absolute Gasteiger partial charge is 0.410 e. The number of amides is 1. The zero-order valence-corrected chi connectivity index (χ0v) is 22.6. The van der Waals surface area contributed by atoms with Gasteiger partial charge in [0.25, 0.3) is 0 Å². The van der Waals surface area contributed by atoms with E-state index >= 15 is 8.78 Å². The van der Waals surface area contributed by atoms with Crippen LogP contribution in [-0.4, -0.2) is 56.9 Å². The van der Waals surface area contributed by atoms with Gasteiger partial charge in [0.15, 0.2) is 12.0 Å². The van der Waals surface area contributed by atoms with Crippen LogP contribution in [0.4, 0.5) is 25.1 Å². The van der Waals surface area contributed by atoms with E-state index in [-0.39, 0.29) is 25.2 Å². The van der Waals surface area contributed by atoms with E-state index in [1.54, 1.807) is 63.4 Å². The van der Waals surface area contributed by atoms with Gasteiger partial charge in [-0.05, 0) is 57.2 Å². The van der Waals surface area contributed by atoms with Crippen molar-refractivity contribution in [2.75, 3.05) is 18.4 Å². The van der Waals surface area contributed by atoms with Crippen molar-refractivity contribution in [2.45, 2.75) is 45.1 Å². The van der Waals surface area contributed by atoms with E-state index in [2.05, 4.69) is 36.2 Å². The van der Waals surface area contributed by atoms with Crippen LogP contribution in [-0.2, 0) is 4.74 Å². The average Bonchev–Trinajstić information content (AvgIpc) is 2.86. The highest BCUT2D eigenvalue weighted by molar-refractivity contribution is 9.10. The van der Waals surface area contributed by atoms with Gasteiger partial charge in [-0.2, -0.15) is 0 Å². The number of pyridine rings is 1. The van der Waals surface area contributed by atoms with Crippen LogP contribution in [0.1, 0.15) is 27.2 Å². The minimum Gasteiger partial charge on any atom is -0.486 e. The van der Waals surface area contributed by atoms with E-state index in [0.29, 0.717) is 37.8 Å². The first kappa shape index (κ1) is 26.0. The molecule has 8 nitrogen and oxygen atoms in total. The molecule has 2 unspecified atom stereocenters. The van der Waals surface area contributed by atoms with Gasteiger partial charge in [0.05, 0.1) is 28.7 Å². The van der Waals surface area contributed by atoms with Crippen LogP contribution in [0.25, 0.3) is 21.8 Å². The Bertz CT molecular complexity index is 1510. The highest BCUT2D eigenvalue weighted by Crippen LogP contribution is 2.37. The standard InChI is InChI=1S/C27H26BrF2N5O3/c1-27(2,3)38-26(36)35-10-8-21(17(29)13-35)37-22-12-15(28)11-20-23(22)25(33-14-32-20)34-19-7-6-18-16(24(19)30)5-4-9-31-18/h4-7,9,11-12,14,17,21H,8,10,13H2,1-3H3,(H,32,33,34). The average molecular weight is 586 g/mol. The summed E-state index contributed by atoms with van der Waals surface area (Å²) in [6.45, 7) is 5.43. The highest BCUT2D eigenvalue weighted by Gasteiger charge is 2.35. The molecule has 3 heterocycles. The minimum absolute atomic E-state index is 0.149. The summed E-state index contributed by atoms with van der Waals surface area (Å²) >= 11 is 3.46. The maximum atomic E-state index is 15.3. The molecule has 1 saturated heterocycles. The Labute approximate surface area is 226 Å². The molecule has 0 saturated carbocycles. The number of hydrogen-bond donors (Lipinski definition) is 1. The largest absolute Gasteiger partial charge is 0.486 e. The number of nitrogens with one attached hydrogen (secondary N) is 1. The number of piperidine rings is 1. The first-order valence-electron chi connectivity index (χ1n) is 12.1. The van der Waals surface area contributed by atoms with Gasteiger partial charge in [-0.15, -0.1) is 0 Å². The first-order valence-corrected chi connectivity index (χ1v) is 12.9. The molecule has 1 fully saturated rings. The Hall–Kier alpha value is -3.60. The van der Waals surface area contributed by atoms with Crippen LogP contribution >= 0.6 is 15.9 Å². The number of rotatable bonds is 4. The number of benzene rings is 2. The fraction of sp³-hybridized carbons (Fsp3) is 0.333. The molecule has 198 valence electrons. The van der Waals surface area contributed by atoms with Crippen molar-refractivity contribution >= 4 is 55.3 Å². The van der Waals surface area contributed by atoms with Crippen LogP contribution in [0.5, 0.6) is 5.75 Å². The van der Waals surface area contributed by atoms with E-state index in [1.165, 1.54) is 11.2 Å². The molecular weight excluding hydrogens is 560 g/mol. The third-order valence-electron chi connectivity index (χ3n) is 6.05. The number of anilines is 2. The predicted octanol–water partition coefficient (Wildman–Crippen LogP) is 6.55. The molecule has 38 heavy (non-hydrogen) atoms. The zero-order valence-electron chi connectivity index (χ0n) is 21.0. The fourth-order valence-electron chi connectivity index (χ4n) is 4.32. The van der Waals surface area contributed by atoms with Crippen LogP contribution < -0.4 is 10.1 Å². The molecule has 0 radical (unpaired) electrons. The maximum Gasteiger partial charge on any atom is 0.410 e. The van der Waals surface area contributed by atoms with Crippen molar-refractivity contribution in [2.24, 2.45) is 0 Å². The number of ether oxygens (including phenoxy) is 2. The van der Waals surface area contributed by atoms with Crippen LogP contribution in [0.2, 0.25) is 0 Å². The van der Waals surface area contributed by atoms with E-state index in [9.17, 15) is 4.79 Å². The second-order valence-corrected chi connectivity index (χ2v) is 10.9. The molecule has 0 bridgehead atoms. The Morgan fingerprint density at radius 1 is 1.16 bits per heavy atom. The van der Waals surface area contributed by atoms with E-state index in [4.69, 9.17) is 9.47 Å². The summed E-state index contributed by atoms with van der Waals surface area (Å²) in [6.07, 6.45) is 0.402. The number of likely N-dealkylation sites (tertiary alicyclic amines) is 1. The molecule has 1 N–H and O–H groups in total. The molecule has 5 rings (SSSR count). The predicted molar refractivity (Wildman–Crippen MR) is 144 cm³/mol. The molecule has 2 aromatic carbocycles. The van der Waals surface area contributed by atoms with Gasteiger partial charge in [-0.1, -0.05) is 15.9 Å². The molecule has 0 aliphatic carbocycles. The van der Waals surface area contributed by atoms with Crippen molar-refractivity contribution in [3.8, 4) is 5.75 Å². The Morgan fingerprint density at radius 3 is 2.74 bits per heavy atom. The van der Waals surface area contributed by atoms with E-state index in [1.807, 2.05) is 0 Å². The summed E-state index contributed by atoms with van der Waals surface area (Å²) in [5.41, 5.74) is 0.586. The number of carbonyl (C=O) groups is 1. The molecular formula is C27H26BrF2N5O3. The van der Waals surface area contributed by atoms with Gasteiger partial charge in [0.2, 0.25) is 0 Å². The van der Waals surface area contributed by atoms with Crippen LogP contribution in [0.15, 0.2) is 53.4 Å².